The van der Waals surface area contributed by atoms with Gasteiger partial charge < -0.3 is 4.74 Å². The summed E-state index contributed by atoms with van der Waals surface area (Å²) in [5, 5.41) is 0. The molecule has 94 valence electrons. The maximum Gasteiger partial charge on any atom is 0.311 e. The standard InChI is InChI=1S/C10H9BrF3NO2/c1-2-17-8(16)4-7-6(12)3-5(10(13)14)9(11)15-7/h3,10H,2,4H2,1H3. The fourth-order valence-electron chi connectivity index (χ4n) is 1.14. The average Bonchev–Trinajstić information content (AvgIpc) is 2.22. The summed E-state index contributed by atoms with van der Waals surface area (Å²) >= 11 is 2.80. The van der Waals surface area contributed by atoms with Crippen molar-refractivity contribution in [1.82, 2.24) is 4.98 Å². The predicted octanol–water partition coefficient (Wildman–Crippen LogP) is 3.03. The number of hydrogen-bond acceptors (Lipinski definition) is 3. The van der Waals surface area contributed by atoms with Gasteiger partial charge in [-0.3, -0.25) is 4.79 Å². The third-order valence-electron chi connectivity index (χ3n) is 1.88. The number of aromatic nitrogens is 1. The molecule has 0 amide bonds. The first-order valence-electron chi connectivity index (χ1n) is 4.74. The summed E-state index contributed by atoms with van der Waals surface area (Å²) in [5.41, 5.74) is -0.769. The molecule has 7 heteroatoms. The molecular weight excluding hydrogens is 303 g/mol. The average molecular weight is 312 g/mol. The zero-order valence-electron chi connectivity index (χ0n) is 8.84. The van der Waals surface area contributed by atoms with Crippen LogP contribution in [0, 0.1) is 5.82 Å². The SMILES string of the molecule is CCOC(=O)Cc1nc(Br)c(C(F)F)cc1F. The second kappa shape index (κ2) is 6.00. The van der Waals surface area contributed by atoms with E-state index >= 15 is 0 Å². The Morgan fingerprint density at radius 1 is 1.59 bits per heavy atom. The van der Waals surface area contributed by atoms with Crippen molar-refractivity contribution in [2.75, 3.05) is 6.61 Å². The number of carbonyl (C=O) groups excluding carboxylic acids is 1. The molecule has 3 nitrogen and oxygen atoms in total. The highest BCUT2D eigenvalue weighted by molar-refractivity contribution is 9.10. The number of pyridine rings is 1. The highest BCUT2D eigenvalue weighted by Crippen LogP contribution is 2.27. The number of esters is 1. The molecule has 0 unspecified atom stereocenters. The monoisotopic (exact) mass is 311 g/mol. The van der Waals surface area contributed by atoms with Gasteiger partial charge in [-0.15, -0.1) is 0 Å². The molecule has 1 heterocycles. The zero-order valence-corrected chi connectivity index (χ0v) is 10.4. The van der Waals surface area contributed by atoms with Crippen molar-refractivity contribution >= 4 is 21.9 Å². The minimum Gasteiger partial charge on any atom is -0.466 e. The van der Waals surface area contributed by atoms with Crippen LogP contribution in [-0.2, 0) is 16.0 Å². The molecule has 1 aromatic heterocycles. The highest BCUT2D eigenvalue weighted by atomic mass is 79.9. The lowest BCUT2D eigenvalue weighted by atomic mass is 10.2. The molecule has 0 spiro atoms. The van der Waals surface area contributed by atoms with Crippen LogP contribution >= 0.6 is 15.9 Å². The van der Waals surface area contributed by atoms with Crippen molar-refractivity contribution in [1.29, 1.82) is 0 Å². The number of hydrogen-bond donors (Lipinski definition) is 0. The fourth-order valence-corrected chi connectivity index (χ4v) is 1.64. The summed E-state index contributed by atoms with van der Waals surface area (Å²) in [7, 11) is 0. The quantitative estimate of drug-likeness (QED) is 0.634. The van der Waals surface area contributed by atoms with Gasteiger partial charge in [-0.1, -0.05) is 0 Å². The van der Waals surface area contributed by atoms with E-state index in [0.717, 1.165) is 0 Å². The molecule has 0 aliphatic rings. The van der Waals surface area contributed by atoms with Gasteiger partial charge in [0.05, 0.1) is 24.3 Å². The van der Waals surface area contributed by atoms with Gasteiger partial charge in [-0.25, -0.2) is 18.2 Å². The van der Waals surface area contributed by atoms with E-state index < -0.39 is 23.8 Å². The molecule has 0 N–H and O–H groups in total. The van der Waals surface area contributed by atoms with Gasteiger partial charge in [0.25, 0.3) is 6.43 Å². The van der Waals surface area contributed by atoms with Crippen molar-refractivity contribution in [3.63, 3.8) is 0 Å². The fraction of sp³-hybridized carbons (Fsp3) is 0.400. The molecule has 0 aliphatic carbocycles. The maximum atomic E-state index is 13.4. The van der Waals surface area contributed by atoms with Gasteiger partial charge in [0.1, 0.15) is 10.4 Å². The van der Waals surface area contributed by atoms with Crippen LogP contribution in [0.5, 0.6) is 0 Å². The van der Waals surface area contributed by atoms with E-state index in [4.69, 9.17) is 0 Å². The topological polar surface area (TPSA) is 39.2 Å². The normalized spacial score (nSPS) is 10.7. The van der Waals surface area contributed by atoms with Gasteiger partial charge >= 0.3 is 5.97 Å². The molecule has 1 rings (SSSR count). The van der Waals surface area contributed by atoms with E-state index in [-0.39, 0.29) is 23.3 Å². The van der Waals surface area contributed by atoms with Crippen molar-refractivity contribution in [3.8, 4) is 0 Å². The summed E-state index contributed by atoms with van der Waals surface area (Å²) in [6.45, 7) is 1.77. The number of ether oxygens (including phenoxy) is 1. The molecule has 0 aliphatic heterocycles. The van der Waals surface area contributed by atoms with E-state index in [1.54, 1.807) is 6.92 Å². The van der Waals surface area contributed by atoms with Crippen LogP contribution in [0.25, 0.3) is 0 Å². The van der Waals surface area contributed by atoms with Crippen molar-refractivity contribution in [2.45, 2.75) is 19.8 Å². The second-order valence-corrected chi connectivity index (χ2v) is 3.83. The van der Waals surface area contributed by atoms with Crippen LogP contribution in [-0.4, -0.2) is 17.6 Å². The molecule has 0 aromatic carbocycles. The van der Waals surface area contributed by atoms with Crippen LogP contribution in [0.3, 0.4) is 0 Å². The predicted molar refractivity (Wildman–Crippen MR) is 57.2 cm³/mol. The summed E-state index contributed by atoms with van der Waals surface area (Å²) in [6, 6.07) is 0.663. The van der Waals surface area contributed by atoms with E-state index in [1.807, 2.05) is 0 Å². The Bertz CT molecular complexity index is 426. The third-order valence-corrected chi connectivity index (χ3v) is 2.52. The summed E-state index contributed by atoms with van der Waals surface area (Å²) in [4.78, 5) is 14.7. The lowest BCUT2D eigenvalue weighted by Gasteiger charge is -2.07. The zero-order chi connectivity index (χ0) is 13.0. The van der Waals surface area contributed by atoms with E-state index in [1.165, 1.54) is 0 Å². The van der Waals surface area contributed by atoms with Gasteiger partial charge in [-0.2, -0.15) is 0 Å². The van der Waals surface area contributed by atoms with E-state index in [2.05, 4.69) is 25.7 Å². The van der Waals surface area contributed by atoms with Crippen LogP contribution in [0.2, 0.25) is 0 Å². The largest absolute Gasteiger partial charge is 0.466 e. The number of rotatable bonds is 4. The molecular formula is C10H9BrF3NO2. The molecule has 0 bridgehead atoms. The number of nitrogens with zero attached hydrogens (tertiary/aromatic N) is 1. The first kappa shape index (κ1) is 14.0. The number of halogens is 4. The number of alkyl halides is 2. The second-order valence-electron chi connectivity index (χ2n) is 3.08. The Morgan fingerprint density at radius 2 is 2.24 bits per heavy atom. The third kappa shape index (κ3) is 3.69. The molecule has 0 atom stereocenters. The van der Waals surface area contributed by atoms with Crippen molar-refractivity contribution < 1.29 is 22.7 Å². The molecule has 0 saturated carbocycles. The smallest absolute Gasteiger partial charge is 0.311 e. The molecule has 1 aromatic rings. The molecule has 0 fully saturated rings. The van der Waals surface area contributed by atoms with Gasteiger partial charge in [0.2, 0.25) is 0 Å². The minimum atomic E-state index is -2.83. The van der Waals surface area contributed by atoms with Gasteiger partial charge in [0.15, 0.2) is 0 Å². The van der Waals surface area contributed by atoms with Crippen molar-refractivity contribution in [2.24, 2.45) is 0 Å². The first-order valence-corrected chi connectivity index (χ1v) is 5.53. The molecule has 0 saturated heterocycles. The maximum absolute atomic E-state index is 13.4. The Balaban J connectivity index is 2.95. The van der Waals surface area contributed by atoms with Crippen LogP contribution < -0.4 is 0 Å². The molecule has 0 radical (unpaired) electrons. The van der Waals surface area contributed by atoms with Gasteiger partial charge in [0, 0.05) is 0 Å². The summed E-state index contributed by atoms with van der Waals surface area (Å²) < 4.78 is 42.6. The first-order chi connectivity index (χ1) is 7.95. The van der Waals surface area contributed by atoms with Crippen LogP contribution in [0.1, 0.15) is 24.6 Å². The van der Waals surface area contributed by atoms with Crippen LogP contribution in [0.4, 0.5) is 13.2 Å². The lowest BCUT2D eigenvalue weighted by molar-refractivity contribution is -0.142. The summed E-state index contributed by atoms with van der Waals surface area (Å²) in [6.07, 6.45) is -3.22. The lowest BCUT2D eigenvalue weighted by Crippen LogP contribution is -2.11. The Hall–Kier alpha value is -1.11. The van der Waals surface area contributed by atoms with Crippen LogP contribution in [0.15, 0.2) is 10.7 Å². The van der Waals surface area contributed by atoms with E-state index in [0.29, 0.717) is 6.07 Å². The van der Waals surface area contributed by atoms with Crippen molar-refractivity contribution in [3.05, 3.63) is 27.7 Å². The number of carbonyl (C=O) groups is 1. The summed E-state index contributed by atoms with van der Waals surface area (Å²) in [5.74, 6) is -1.60. The Labute approximate surface area is 104 Å². The molecule has 17 heavy (non-hydrogen) atoms. The highest BCUT2D eigenvalue weighted by Gasteiger charge is 2.18. The Kier molecular flexibility index (Phi) is 4.92. The Morgan fingerprint density at radius 3 is 2.76 bits per heavy atom. The van der Waals surface area contributed by atoms with E-state index in [9.17, 15) is 18.0 Å². The minimum absolute atomic E-state index is 0.163. The van der Waals surface area contributed by atoms with Gasteiger partial charge in [-0.05, 0) is 28.9 Å².